The van der Waals surface area contributed by atoms with Gasteiger partial charge in [-0.1, -0.05) is 24.3 Å². The van der Waals surface area contributed by atoms with E-state index in [0.29, 0.717) is 6.61 Å². The second kappa shape index (κ2) is 5.40. The van der Waals surface area contributed by atoms with E-state index >= 15 is 0 Å². The number of hydrogen-bond donors (Lipinski definition) is 1. The van der Waals surface area contributed by atoms with E-state index in [1.807, 2.05) is 12.3 Å². The van der Waals surface area contributed by atoms with E-state index < -0.39 is 0 Å². The SMILES string of the molecule is COCc1ccc(-c2nc(C(C)N)cs2)cc1. The monoisotopic (exact) mass is 248 g/mol. The predicted molar refractivity (Wildman–Crippen MR) is 70.9 cm³/mol. The summed E-state index contributed by atoms with van der Waals surface area (Å²) in [4.78, 5) is 4.52. The lowest BCUT2D eigenvalue weighted by Gasteiger charge is -2.01. The standard InChI is InChI=1S/C13H16N2OS/c1-9(14)12-8-17-13(15-12)11-5-3-10(4-6-11)7-16-2/h3-6,8-9H,7,14H2,1-2H3. The average Bonchev–Trinajstić information content (AvgIpc) is 2.80. The van der Waals surface area contributed by atoms with Crippen LogP contribution in [0.2, 0.25) is 0 Å². The molecule has 0 saturated carbocycles. The van der Waals surface area contributed by atoms with E-state index in [1.165, 1.54) is 5.56 Å². The van der Waals surface area contributed by atoms with Gasteiger partial charge < -0.3 is 10.5 Å². The van der Waals surface area contributed by atoms with Crippen molar-refractivity contribution >= 4 is 11.3 Å². The van der Waals surface area contributed by atoms with Crippen LogP contribution in [0, 0.1) is 0 Å². The molecule has 2 N–H and O–H groups in total. The molecule has 0 aliphatic carbocycles. The molecule has 2 rings (SSSR count). The Kier molecular flexibility index (Phi) is 3.89. The van der Waals surface area contributed by atoms with Crippen molar-refractivity contribution in [2.24, 2.45) is 5.73 Å². The van der Waals surface area contributed by atoms with Gasteiger partial charge in [-0.2, -0.15) is 0 Å². The molecule has 0 fully saturated rings. The van der Waals surface area contributed by atoms with Gasteiger partial charge in [0.15, 0.2) is 0 Å². The summed E-state index contributed by atoms with van der Waals surface area (Å²) < 4.78 is 5.08. The second-order valence-corrected chi connectivity index (χ2v) is 4.85. The summed E-state index contributed by atoms with van der Waals surface area (Å²) in [7, 11) is 1.70. The van der Waals surface area contributed by atoms with Crippen LogP contribution in [0.3, 0.4) is 0 Å². The summed E-state index contributed by atoms with van der Waals surface area (Å²) in [5.41, 5.74) is 9.04. The number of benzene rings is 1. The molecule has 0 saturated heterocycles. The van der Waals surface area contributed by atoms with Crippen LogP contribution in [0.5, 0.6) is 0 Å². The third kappa shape index (κ3) is 2.91. The minimum Gasteiger partial charge on any atom is -0.380 e. The Morgan fingerprint density at radius 3 is 2.59 bits per heavy atom. The van der Waals surface area contributed by atoms with Gasteiger partial charge in [0.25, 0.3) is 0 Å². The summed E-state index contributed by atoms with van der Waals surface area (Å²) in [6.45, 7) is 2.59. The van der Waals surface area contributed by atoms with Crippen LogP contribution >= 0.6 is 11.3 Å². The average molecular weight is 248 g/mol. The Labute approximate surface area is 105 Å². The zero-order chi connectivity index (χ0) is 12.3. The molecule has 0 bridgehead atoms. The quantitative estimate of drug-likeness (QED) is 0.905. The maximum Gasteiger partial charge on any atom is 0.123 e. The molecule has 0 aliphatic heterocycles. The fourth-order valence-corrected chi connectivity index (χ4v) is 2.47. The molecule has 1 aromatic carbocycles. The Bertz CT molecular complexity index is 476. The smallest absolute Gasteiger partial charge is 0.123 e. The fraction of sp³-hybridized carbons (Fsp3) is 0.308. The molecule has 1 aromatic heterocycles. The van der Waals surface area contributed by atoms with Gasteiger partial charge in [0.2, 0.25) is 0 Å². The molecule has 0 radical (unpaired) electrons. The largest absolute Gasteiger partial charge is 0.380 e. The minimum absolute atomic E-state index is 0.00670. The van der Waals surface area contributed by atoms with E-state index in [2.05, 4.69) is 29.2 Å². The number of hydrogen-bond acceptors (Lipinski definition) is 4. The summed E-state index contributed by atoms with van der Waals surface area (Å²) in [5, 5.41) is 3.03. The first-order valence-electron chi connectivity index (χ1n) is 5.50. The van der Waals surface area contributed by atoms with E-state index in [4.69, 9.17) is 10.5 Å². The minimum atomic E-state index is -0.00670. The maximum atomic E-state index is 5.80. The normalized spacial score (nSPS) is 12.6. The Hall–Kier alpha value is -1.23. The first-order chi connectivity index (χ1) is 8.20. The van der Waals surface area contributed by atoms with Crippen LogP contribution in [-0.4, -0.2) is 12.1 Å². The van der Waals surface area contributed by atoms with Gasteiger partial charge in [-0.25, -0.2) is 4.98 Å². The number of nitrogens with two attached hydrogens (primary N) is 1. The lowest BCUT2D eigenvalue weighted by atomic mass is 10.1. The van der Waals surface area contributed by atoms with Crippen molar-refractivity contribution in [3.63, 3.8) is 0 Å². The molecule has 0 aliphatic rings. The summed E-state index contributed by atoms with van der Waals surface area (Å²) >= 11 is 1.63. The molecule has 1 atom stereocenters. The zero-order valence-electron chi connectivity index (χ0n) is 10.0. The van der Waals surface area contributed by atoms with Crippen molar-refractivity contribution in [3.05, 3.63) is 40.9 Å². The van der Waals surface area contributed by atoms with Crippen molar-refractivity contribution in [3.8, 4) is 10.6 Å². The molecular weight excluding hydrogens is 232 g/mol. The van der Waals surface area contributed by atoms with Gasteiger partial charge in [-0.05, 0) is 12.5 Å². The molecular formula is C13H16N2OS. The van der Waals surface area contributed by atoms with E-state index in [-0.39, 0.29) is 6.04 Å². The molecule has 1 unspecified atom stereocenters. The van der Waals surface area contributed by atoms with Crippen LogP contribution in [0.4, 0.5) is 0 Å². The number of nitrogens with zero attached hydrogens (tertiary/aromatic N) is 1. The van der Waals surface area contributed by atoms with Crippen molar-refractivity contribution in [2.45, 2.75) is 19.6 Å². The van der Waals surface area contributed by atoms with Crippen LogP contribution in [-0.2, 0) is 11.3 Å². The van der Waals surface area contributed by atoms with E-state index in [9.17, 15) is 0 Å². The van der Waals surface area contributed by atoms with Gasteiger partial charge in [0, 0.05) is 24.1 Å². The third-order valence-corrected chi connectivity index (χ3v) is 3.41. The Morgan fingerprint density at radius 2 is 2.06 bits per heavy atom. The molecule has 3 nitrogen and oxygen atoms in total. The highest BCUT2D eigenvalue weighted by Crippen LogP contribution is 2.25. The summed E-state index contributed by atoms with van der Waals surface area (Å²) in [5.74, 6) is 0. The number of rotatable bonds is 4. The first-order valence-corrected chi connectivity index (χ1v) is 6.38. The van der Waals surface area contributed by atoms with Gasteiger partial charge in [-0.3, -0.25) is 0 Å². The molecule has 0 amide bonds. The third-order valence-electron chi connectivity index (χ3n) is 2.50. The van der Waals surface area contributed by atoms with Crippen LogP contribution in [0.25, 0.3) is 10.6 Å². The fourth-order valence-electron chi connectivity index (χ4n) is 1.54. The first kappa shape index (κ1) is 12.2. The number of methoxy groups -OCH3 is 1. The van der Waals surface area contributed by atoms with Crippen molar-refractivity contribution < 1.29 is 4.74 Å². The van der Waals surface area contributed by atoms with E-state index in [1.54, 1.807) is 18.4 Å². The molecule has 1 heterocycles. The van der Waals surface area contributed by atoms with E-state index in [0.717, 1.165) is 16.3 Å². The van der Waals surface area contributed by atoms with Gasteiger partial charge in [-0.15, -0.1) is 11.3 Å². The van der Waals surface area contributed by atoms with Gasteiger partial charge >= 0.3 is 0 Å². The molecule has 17 heavy (non-hydrogen) atoms. The summed E-state index contributed by atoms with van der Waals surface area (Å²) in [6.07, 6.45) is 0. The molecule has 0 spiro atoms. The lowest BCUT2D eigenvalue weighted by Crippen LogP contribution is -2.04. The maximum absolute atomic E-state index is 5.80. The highest BCUT2D eigenvalue weighted by Gasteiger charge is 2.07. The van der Waals surface area contributed by atoms with Gasteiger partial charge in [0.05, 0.1) is 12.3 Å². The molecule has 90 valence electrons. The van der Waals surface area contributed by atoms with Crippen molar-refractivity contribution in [2.75, 3.05) is 7.11 Å². The van der Waals surface area contributed by atoms with Crippen LogP contribution < -0.4 is 5.73 Å². The Morgan fingerprint density at radius 1 is 1.35 bits per heavy atom. The molecule has 4 heteroatoms. The van der Waals surface area contributed by atoms with Crippen molar-refractivity contribution in [1.29, 1.82) is 0 Å². The number of aromatic nitrogens is 1. The second-order valence-electron chi connectivity index (χ2n) is 4.00. The summed E-state index contributed by atoms with van der Waals surface area (Å²) in [6, 6.07) is 8.25. The number of thiazole rings is 1. The zero-order valence-corrected chi connectivity index (χ0v) is 10.8. The van der Waals surface area contributed by atoms with Crippen molar-refractivity contribution in [1.82, 2.24) is 4.98 Å². The topological polar surface area (TPSA) is 48.1 Å². The predicted octanol–water partition coefficient (Wildman–Crippen LogP) is 2.98. The Balaban J connectivity index is 2.21. The van der Waals surface area contributed by atoms with Crippen LogP contribution in [0.1, 0.15) is 24.2 Å². The van der Waals surface area contributed by atoms with Crippen LogP contribution in [0.15, 0.2) is 29.6 Å². The van der Waals surface area contributed by atoms with Gasteiger partial charge in [0.1, 0.15) is 5.01 Å². The highest BCUT2D eigenvalue weighted by molar-refractivity contribution is 7.13. The lowest BCUT2D eigenvalue weighted by molar-refractivity contribution is 0.185. The number of ether oxygens (including phenoxy) is 1. The molecule has 2 aromatic rings. The highest BCUT2D eigenvalue weighted by atomic mass is 32.1.